The lowest BCUT2D eigenvalue weighted by Crippen LogP contribution is -2.39. The van der Waals surface area contributed by atoms with Crippen molar-refractivity contribution in [1.29, 1.82) is 0 Å². The Hall–Kier alpha value is -1.16. The van der Waals surface area contributed by atoms with Gasteiger partial charge < -0.3 is 5.32 Å². The molecule has 114 valence electrons. The van der Waals surface area contributed by atoms with Gasteiger partial charge in [-0.1, -0.05) is 43.3 Å². The maximum absolute atomic E-state index is 3.52. The third-order valence-electron chi connectivity index (χ3n) is 3.75. The molecular weight excluding hydrogens is 276 g/mol. The normalized spacial score (nSPS) is 13.0. The van der Waals surface area contributed by atoms with E-state index in [2.05, 4.69) is 78.8 Å². The predicted octanol–water partition coefficient (Wildman–Crippen LogP) is 4.31. The van der Waals surface area contributed by atoms with Crippen LogP contribution in [-0.4, -0.2) is 24.0 Å². The van der Waals surface area contributed by atoms with Crippen molar-refractivity contribution >= 4 is 11.3 Å². The third-order valence-corrected chi connectivity index (χ3v) is 4.62. The van der Waals surface area contributed by atoms with Gasteiger partial charge in [0.1, 0.15) is 0 Å². The van der Waals surface area contributed by atoms with Crippen LogP contribution >= 0.6 is 11.3 Å². The van der Waals surface area contributed by atoms with Gasteiger partial charge in [0, 0.05) is 30.1 Å². The van der Waals surface area contributed by atoms with Crippen LogP contribution < -0.4 is 5.32 Å². The molecule has 1 heterocycles. The van der Waals surface area contributed by atoms with E-state index >= 15 is 0 Å². The summed E-state index contributed by atoms with van der Waals surface area (Å²) in [5.74, 6) is 0. The van der Waals surface area contributed by atoms with E-state index < -0.39 is 0 Å². The van der Waals surface area contributed by atoms with Gasteiger partial charge in [-0.25, -0.2) is 0 Å². The SMILES string of the molecule is CCNCC(c1ccccc1)N(Cc1cccs1)C(C)C. The lowest BCUT2D eigenvalue weighted by Gasteiger charge is -2.35. The number of hydrogen-bond donors (Lipinski definition) is 1. The number of nitrogens with zero attached hydrogens (tertiary/aromatic N) is 1. The second-order valence-electron chi connectivity index (χ2n) is 5.58. The van der Waals surface area contributed by atoms with Gasteiger partial charge in [-0.2, -0.15) is 0 Å². The molecular formula is C18H26N2S. The minimum absolute atomic E-state index is 0.410. The summed E-state index contributed by atoms with van der Waals surface area (Å²) in [6.07, 6.45) is 0. The Morgan fingerprint density at radius 1 is 1.10 bits per heavy atom. The van der Waals surface area contributed by atoms with Gasteiger partial charge in [-0.05, 0) is 37.4 Å². The second kappa shape index (κ2) is 8.32. The smallest absolute Gasteiger partial charge is 0.0479 e. The zero-order valence-corrected chi connectivity index (χ0v) is 14.1. The maximum atomic E-state index is 3.52. The molecule has 0 spiro atoms. The fraction of sp³-hybridized carbons (Fsp3) is 0.444. The van der Waals surface area contributed by atoms with Crippen molar-refractivity contribution in [2.24, 2.45) is 0 Å². The van der Waals surface area contributed by atoms with Gasteiger partial charge >= 0.3 is 0 Å². The van der Waals surface area contributed by atoms with Gasteiger partial charge in [0.05, 0.1) is 0 Å². The van der Waals surface area contributed by atoms with Crippen LogP contribution in [0.15, 0.2) is 47.8 Å². The summed E-state index contributed by atoms with van der Waals surface area (Å²) in [6.45, 7) is 9.75. The average molecular weight is 302 g/mol. The first kappa shape index (κ1) is 16.2. The molecule has 2 rings (SSSR count). The molecule has 21 heavy (non-hydrogen) atoms. The van der Waals surface area contributed by atoms with Crippen LogP contribution in [0.5, 0.6) is 0 Å². The van der Waals surface area contributed by atoms with Crippen molar-refractivity contribution in [2.75, 3.05) is 13.1 Å². The molecule has 0 saturated carbocycles. The number of nitrogens with one attached hydrogen (secondary N) is 1. The van der Waals surface area contributed by atoms with Gasteiger partial charge in [0.15, 0.2) is 0 Å². The molecule has 0 aliphatic carbocycles. The molecule has 1 N–H and O–H groups in total. The van der Waals surface area contributed by atoms with E-state index in [4.69, 9.17) is 0 Å². The van der Waals surface area contributed by atoms with E-state index in [0.717, 1.165) is 19.6 Å². The molecule has 0 aliphatic rings. The molecule has 0 saturated heterocycles. The Labute approximate surface area is 132 Å². The van der Waals surface area contributed by atoms with Crippen molar-refractivity contribution in [3.05, 3.63) is 58.3 Å². The third kappa shape index (κ3) is 4.67. The van der Waals surface area contributed by atoms with Gasteiger partial charge in [-0.3, -0.25) is 4.90 Å². The molecule has 0 radical (unpaired) electrons. The number of rotatable bonds is 8. The molecule has 0 aliphatic heterocycles. The predicted molar refractivity (Wildman–Crippen MR) is 92.7 cm³/mol. The Morgan fingerprint density at radius 2 is 1.86 bits per heavy atom. The molecule has 0 bridgehead atoms. The van der Waals surface area contributed by atoms with Gasteiger partial charge in [0.2, 0.25) is 0 Å². The minimum Gasteiger partial charge on any atom is -0.315 e. The van der Waals surface area contributed by atoms with Crippen molar-refractivity contribution in [3.63, 3.8) is 0 Å². The molecule has 1 atom stereocenters. The quantitative estimate of drug-likeness (QED) is 0.781. The number of benzene rings is 1. The van der Waals surface area contributed by atoms with Crippen LogP contribution in [-0.2, 0) is 6.54 Å². The molecule has 2 nitrogen and oxygen atoms in total. The summed E-state index contributed by atoms with van der Waals surface area (Å²) in [5, 5.41) is 5.69. The van der Waals surface area contributed by atoms with Crippen LogP contribution in [0.4, 0.5) is 0 Å². The lowest BCUT2D eigenvalue weighted by atomic mass is 10.0. The fourth-order valence-electron chi connectivity index (χ4n) is 2.62. The largest absolute Gasteiger partial charge is 0.315 e. The molecule has 3 heteroatoms. The molecule has 1 unspecified atom stereocenters. The second-order valence-corrected chi connectivity index (χ2v) is 6.61. The summed E-state index contributed by atoms with van der Waals surface area (Å²) in [7, 11) is 0. The summed E-state index contributed by atoms with van der Waals surface area (Å²) < 4.78 is 0. The van der Waals surface area contributed by atoms with Crippen LogP contribution in [0.25, 0.3) is 0 Å². The van der Waals surface area contributed by atoms with E-state index in [1.807, 2.05) is 11.3 Å². The first-order valence-corrected chi connectivity index (χ1v) is 8.64. The van der Waals surface area contributed by atoms with Gasteiger partial charge in [-0.15, -0.1) is 11.3 Å². The van der Waals surface area contributed by atoms with Crippen LogP contribution in [0.3, 0.4) is 0 Å². The minimum atomic E-state index is 0.410. The first-order chi connectivity index (χ1) is 10.2. The summed E-state index contributed by atoms with van der Waals surface area (Å²) in [5.41, 5.74) is 1.39. The van der Waals surface area contributed by atoms with Crippen LogP contribution in [0.1, 0.15) is 37.3 Å². The molecule has 0 fully saturated rings. The van der Waals surface area contributed by atoms with Crippen molar-refractivity contribution < 1.29 is 0 Å². The number of thiophene rings is 1. The highest BCUT2D eigenvalue weighted by Gasteiger charge is 2.22. The highest BCUT2D eigenvalue weighted by atomic mass is 32.1. The topological polar surface area (TPSA) is 15.3 Å². The van der Waals surface area contributed by atoms with Gasteiger partial charge in [0.25, 0.3) is 0 Å². The number of likely N-dealkylation sites (N-methyl/N-ethyl adjacent to an activating group) is 1. The molecule has 1 aromatic carbocycles. The van der Waals surface area contributed by atoms with E-state index in [9.17, 15) is 0 Å². The summed E-state index contributed by atoms with van der Waals surface area (Å²) in [6, 6.07) is 16.1. The number of hydrogen-bond acceptors (Lipinski definition) is 3. The maximum Gasteiger partial charge on any atom is 0.0479 e. The van der Waals surface area contributed by atoms with Crippen LogP contribution in [0, 0.1) is 0 Å². The lowest BCUT2D eigenvalue weighted by molar-refractivity contribution is 0.143. The Kier molecular flexibility index (Phi) is 6.43. The Morgan fingerprint density at radius 3 is 2.43 bits per heavy atom. The van der Waals surface area contributed by atoms with Crippen molar-refractivity contribution in [3.8, 4) is 0 Å². The highest BCUT2D eigenvalue weighted by molar-refractivity contribution is 7.09. The zero-order valence-electron chi connectivity index (χ0n) is 13.3. The fourth-order valence-corrected chi connectivity index (χ4v) is 3.33. The monoisotopic (exact) mass is 302 g/mol. The summed E-state index contributed by atoms with van der Waals surface area (Å²) >= 11 is 1.84. The molecule has 0 amide bonds. The zero-order chi connectivity index (χ0) is 15.1. The Bertz CT molecular complexity index is 493. The van der Waals surface area contributed by atoms with E-state index in [-0.39, 0.29) is 0 Å². The molecule has 2 aromatic rings. The highest BCUT2D eigenvalue weighted by Crippen LogP contribution is 2.26. The van der Waals surface area contributed by atoms with E-state index in [0.29, 0.717) is 12.1 Å². The average Bonchev–Trinajstić information content (AvgIpc) is 3.00. The molecule has 1 aromatic heterocycles. The Balaban J connectivity index is 2.22. The first-order valence-electron chi connectivity index (χ1n) is 7.76. The standard InChI is InChI=1S/C18H26N2S/c1-4-19-13-18(16-9-6-5-7-10-16)20(15(2)3)14-17-11-8-12-21-17/h5-12,15,18-19H,4,13-14H2,1-3H3. The van der Waals surface area contributed by atoms with Crippen LogP contribution in [0.2, 0.25) is 0 Å². The van der Waals surface area contributed by atoms with E-state index in [1.165, 1.54) is 10.4 Å². The van der Waals surface area contributed by atoms with E-state index in [1.54, 1.807) is 0 Å². The van der Waals surface area contributed by atoms with Crippen molar-refractivity contribution in [2.45, 2.75) is 39.4 Å². The summed E-state index contributed by atoms with van der Waals surface area (Å²) in [4.78, 5) is 4.02. The van der Waals surface area contributed by atoms with Crippen molar-refractivity contribution in [1.82, 2.24) is 10.2 Å².